The van der Waals surface area contributed by atoms with E-state index in [1.165, 1.54) is 16.7 Å². The van der Waals surface area contributed by atoms with Crippen molar-refractivity contribution in [2.24, 2.45) is 0 Å². The first-order valence-electron chi connectivity index (χ1n) is 10.2. The molecule has 152 valence electrons. The van der Waals surface area contributed by atoms with Gasteiger partial charge in [-0.05, 0) is 46.9 Å². The molecule has 2 heterocycles. The summed E-state index contributed by atoms with van der Waals surface area (Å²) in [6, 6.07) is 18.5. The number of hydrogen-bond acceptors (Lipinski definition) is 7. The predicted octanol–water partition coefficient (Wildman–Crippen LogP) is 0.853. The molecule has 1 aliphatic carbocycles. The molecule has 1 aliphatic heterocycles. The van der Waals surface area contributed by atoms with Gasteiger partial charge in [-0.3, -0.25) is 0 Å². The first kappa shape index (κ1) is 18.6. The molecule has 0 unspecified atom stereocenters. The molecule has 7 heteroatoms. The molecule has 0 saturated heterocycles. The largest absolute Gasteiger partial charge is 0.497 e. The van der Waals surface area contributed by atoms with Gasteiger partial charge in [0, 0.05) is 24.9 Å². The van der Waals surface area contributed by atoms with Crippen LogP contribution in [0.15, 0.2) is 54.6 Å². The Bertz CT molecular complexity index is 1160. The first-order chi connectivity index (χ1) is 14.8. The van der Waals surface area contributed by atoms with Gasteiger partial charge in [0.1, 0.15) is 16.9 Å². The zero-order valence-corrected chi connectivity index (χ0v) is 16.9. The van der Waals surface area contributed by atoms with E-state index in [1.807, 2.05) is 30.3 Å². The maximum Gasteiger partial charge on any atom is 0.143 e. The van der Waals surface area contributed by atoms with E-state index in [0.29, 0.717) is 6.54 Å². The molecule has 0 saturated carbocycles. The minimum Gasteiger partial charge on any atom is -0.497 e. The van der Waals surface area contributed by atoms with Crippen LogP contribution in [0.2, 0.25) is 0 Å². The van der Waals surface area contributed by atoms with Crippen molar-refractivity contribution in [1.29, 1.82) is 0 Å². The van der Waals surface area contributed by atoms with Gasteiger partial charge in [-0.1, -0.05) is 42.5 Å². The second-order valence-corrected chi connectivity index (χ2v) is 7.59. The number of ether oxygens (including phenoxy) is 1. The quantitative estimate of drug-likeness (QED) is 0.636. The molecule has 2 aliphatic rings. The van der Waals surface area contributed by atoms with Crippen molar-refractivity contribution in [1.82, 2.24) is 31.2 Å². The summed E-state index contributed by atoms with van der Waals surface area (Å²) in [6.45, 7) is 2.28. The molecule has 0 fully saturated rings. The molecule has 5 rings (SSSR count). The first-order valence-corrected chi connectivity index (χ1v) is 10.2. The number of nitrogens with zero attached hydrogens (tertiary/aromatic N) is 4. The van der Waals surface area contributed by atoms with Crippen molar-refractivity contribution in [3.63, 3.8) is 0 Å². The summed E-state index contributed by atoms with van der Waals surface area (Å²) in [5, 5.41) is 20.5. The number of hydrogen-bond donors (Lipinski definition) is 2. The summed E-state index contributed by atoms with van der Waals surface area (Å²) in [5.41, 5.74) is 8.39. The van der Waals surface area contributed by atoms with Gasteiger partial charge in [0.15, 0.2) is 0 Å². The van der Waals surface area contributed by atoms with Crippen molar-refractivity contribution in [2.45, 2.75) is 25.9 Å². The molecule has 0 spiro atoms. The Morgan fingerprint density at radius 3 is 2.63 bits per heavy atom. The summed E-state index contributed by atoms with van der Waals surface area (Å²) in [7, 11) is 1.69. The second-order valence-electron chi connectivity index (χ2n) is 7.59. The average molecular weight is 400 g/mol. The van der Waals surface area contributed by atoms with Gasteiger partial charge >= 0.3 is 0 Å². The molecule has 30 heavy (non-hydrogen) atoms. The number of nitrogens with one attached hydrogen (secondary N) is 2. The van der Waals surface area contributed by atoms with Gasteiger partial charge in [-0.2, -0.15) is 0 Å². The van der Waals surface area contributed by atoms with Crippen molar-refractivity contribution >= 4 is 11.4 Å². The molecule has 7 nitrogen and oxygen atoms in total. The molecule has 3 aromatic rings. The van der Waals surface area contributed by atoms with Crippen LogP contribution in [-0.4, -0.2) is 34.1 Å². The van der Waals surface area contributed by atoms with E-state index in [2.05, 4.69) is 55.4 Å². The monoisotopic (exact) mass is 400 g/mol. The second kappa shape index (κ2) is 8.12. The fourth-order valence-corrected chi connectivity index (χ4v) is 4.07. The molecule has 0 amide bonds. The fraction of sp³-hybridized carbons (Fsp3) is 0.261. The Balaban J connectivity index is 1.47. The molecule has 0 bridgehead atoms. The number of aromatic nitrogens is 3. The molecule has 2 aromatic carbocycles. The highest BCUT2D eigenvalue weighted by Crippen LogP contribution is 2.17. The van der Waals surface area contributed by atoms with E-state index < -0.39 is 0 Å². The Hall–Kier alpha value is -3.45. The van der Waals surface area contributed by atoms with E-state index in [-0.39, 0.29) is 0 Å². The SMILES string of the molecule is COc1ccc(CN2CC3=c4c(nnnc4=C(NCc4ccccc4)N2)CC3)cc1. The third-order valence-corrected chi connectivity index (χ3v) is 5.59. The van der Waals surface area contributed by atoms with Crippen LogP contribution in [0.3, 0.4) is 0 Å². The molecule has 0 atom stereocenters. The number of methoxy groups -OCH3 is 1. The van der Waals surface area contributed by atoms with Gasteiger partial charge < -0.3 is 15.5 Å². The smallest absolute Gasteiger partial charge is 0.143 e. The fourth-order valence-electron chi connectivity index (χ4n) is 4.07. The van der Waals surface area contributed by atoms with Crippen LogP contribution in [0.5, 0.6) is 5.75 Å². The van der Waals surface area contributed by atoms with E-state index in [4.69, 9.17) is 4.74 Å². The molecular weight excluding hydrogens is 376 g/mol. The maximum absolute atomic E-state index is 5.28. The van der Waals surface area contributed by atoms with Crippen LogP contribution >= 0.6 is 0 Å². The van der Waals surface area contributed by atoms with Crippen molar-refractivity contribution in [3.8, 4) is 5.75 Å². The topological polar surface area (TPSA) is 75.2 Å². The minimum atomic E-state index is 0.702. The Kier molecular flexibility index (Phi) is 5.03. The zero-order chi connectivity index (χ0) is 20.3. The summed E-state index contributed by atoms with van der Waals surface area (Å²) >= 11 is 0. The Labute approximate surface area is 175 Å². The average Bonchev–Trinajstić information content (AvgIpc) is 3.13. The predicted molar refractivity (Wildman–Crippen MR) is 114 cm³/mol. The van der Waals surface area contributed by atoms with Gasteiger partial charge in [0.25, 0.3) is 0 Å². The van der Waals surface area contributed by atoms with Crippen LogP contribution in [0, 0.1) is 0 Å². The number of hydrazine groups is 1. The third kappa shape index (κ3) is 3.71. The normalized spacial score (nSPS) is 15.4. The summed E-state index contributed by atoms with van der Waals surface area (Å²) in [4.78, 5) is 0. The number of benzene rings is 2. The highest BCUT2D eigenvalue weighted by molar-refractivity contribution is 5.56. The van der Waals surface area contributed by atoms with Gasteiger partial charge in [-0.25, -0.2) is 5.01 Å². The minimum absolute atomic E-state index is 0.702. The highest BCUT2D eigenvalue weighted by Gasteiger charge is 2.23. The lowest BCUT2D eigenvalue weighted by Crippen LogP contribution is -2.45. The maximum atomic E-state index is 5.28. The van der Waals surface area contributed by atoms with Crippen molar-refractivity contribution in [2.75, 3.05) is 13.7 Å². The third-order valence-electron chi connectivity index (χ3n) is 5.59. The Morgan fingerprint density at radius 2 is 1.83 bits per heavy atom. The van der Waals surface area contributed by atoms with Crippen LogP contribution in [-0.2, 0) is 19.5 Å². The zero-order valence-electron chi connectivity index (χ0n) is 16.9. The van der Waals surface area contributed by atoms with Crippen LogP contribution in [0.1, 0.15) is 23.2 Å². The number of aryl methyl sites for hydroxylation is 1. The van der Waals surface area contributed by atoms with E-state index in [9.17, 15) is 0 Å². The lowest BCUT2D eigenvalue weighted by Gasteiger charge is -2.25. The summed E-state index contributed by atoms with van der Waals surface area (Å²) < 4.78 is 5.28. The van der Waals surface area contributed by atoms with Gasteiger partial charge in [0.2, 0.25) is 0 Å². The number of rotatable bonds is 6. The summed E-state index contributed by atoms with van der Waals surface area (Å²) in [6.07, 6.45) is 1.92. The summed E-state index contributed by atoms with van der Waals surface area (Å²) in [5.74, 6) is 1.73. The van der Waals surface area contributed by atoms with Crippen LogP contribution in [0.4, 0.5) is 0 Å². The molecule has 0 radical (unpaired) electrons. The van der Waals surface area contributed by atoms with E-state index in [1.54, 1.807) is 7.11 Å². The van der Waals surface area contributed by atoms with Gasteiger partial charge in [-0.15, -0.1) is 10.2 Å². The van der Waals surface area contributed by atoms with Crippen molar-refractivity contribution < 1.29 is 4.74 Å². The van der Waals surface area contributed by atoms with Crippen LogP contribution < -0.4 is 26.0 Å². The Morgan fingerprint density at radius 1 is 1.00 bits per heavy atom. The molecular formula is C23H24N6O. The lowest BCUT2D eigenvalue weighted by atomic mass is 10.2. The van der Waals surface area contributed by atoms with E-state index in [0.717, 1.165) is 53.8 Å². The van der Waals surface area contributed by atoms with Crippen LogP contribution in [0.25, 0.3) is 11.4 Å². The highest BCUT2D eigenvalue weighted by atomic mass is 16.5. The van der Waals surface area contributed by atoms with Gasteiger partial charge in [0.05, 0.1) is 12.8 Å². The molecule has 1 aromatic heterocycles. The standard InChI is InChI=1S/C23H24N6O/c1-30-19-10-7-17(8-11-19)14-29-15-18-9-12-20-21(18)22(26-28-25-20)23(27-29)24-13-16-5-3-2-4-6-16/h2-8,10-11,24,27H,9,12-15H2,1H3. The van der Waals surface area contributed by atoms with Crippen molar-refractivity contribution in [3.05, 3.63) is 82.0 Å². The molecule has 2 N–H and O–H groups in total. The lowest BCUT2D eigenvalue weighted by molar-refractivity contribution is 0.242. The van der Waals surface area contributed by atoms with E-state index >= 15 is 0 Å².